The van der Waals surface area contributed by atoms with Crippen molar-refractivity contribution in [3.63, 3.8) is 0 Å². The van der Waals surface area contributed by atoms with Crippen LogP contribution in [0.2, 0.25) is 0 Å². The summed E-state index contributed by atoms with van der Waals surface area (Å²) in [6.45, 7) is 5.77. The lowest BCUT2D eigenvalue weighted by atomic mass is 9.88. The van der Waals surface area contributed by atoms with E-state index in [1.165, 1.54) is 4.90 Å². The molecule has 25 heavy (non-hydrogen) atoms. The molecule has 2 aromatic rings. The van der Waals surface area contributed by atoms with Crippen molar-refractivity contribution in [2.75, 3.05) is 6.54 Å². The van der Waals surface area contributed by atoms with E-state index < -0.39 is 23.2 Å². The van der Waals surface area contributed by atoms with Gasteiger partial charge in [0.1, 0.15) is 11.1 Å². The molecule has 0 spiro atoms. The highest BCUT2D eigenvalue weighted by atomic mass is 32.1. The van der Waals surface area contributed by atoms with E-state index in [1.54, 1.807) is 32.1 Å². The summed E-state index contributed by atoms with van der Waals surface area (Å²) in [6.07, 6.45) is 0.845. The van der Waals surface area contributed by atoms with Gasteiger partial charge in [0.15, 0.2) is 0 Å². The molecule has 1 aromatic heterocycles. The second-order valence-electron chi connectivity index (χ2n) is 7.51. The first kappa shape index (κ1) is 17.7. The van der Waals surface area contributed by atoms with Gasteiger partial charge in [0.25, 0.3) is 0 Å². The first-order valence-corrected chi connectivity index (χ1v) is 9.30. The summed E-state index contributed by atoms with van der Waals surface area (Å²) in [5.74, 6) is -0.967. The number of ether oxygens (including phenoxy) is 1. The average Bonchev–Trinajstić information content (AvgIpc) is 3.11. The molecule has 1 fully saturated rings. The van der Waals surface area contributed by atoms with Crippen molar-refractivity contribution < 1.29 is 19.4 Å². The lowest BCUT2D eigenvalue weighted by Crippen LogP contribution is -2.55. The monoisotopic (exact) mass is 361 g/mol. The van der Waals surface area contributed by atoms with Gasteiger partial charge in [-0.2, -0.15) is 0 Å². The minimum atomic E-state index is -1.24. The average molecular weight is 361 g/mol. The predicted molar refractivity (Wildman–Crippen MR) is 98.1 cm³/mol. The number of carboxylic acids is 1. The van der Waals surface area contributed by atoms with Gasteiger partial charge in [0.2, 0.25) is 0 Å². The molecule has 134 valence electrons. The third-order valence-corrected chi connectivity index (χ3v) is 5.56. The van der Waals surface area contributed by atoms with Crippen LogP contribution in [0, 0.1) is 0 Å². The topological polar surface area (TPSA) is 66.8 Å². The predicted octanol–water partition coefficient (Wildman–Crippen LogP) is 4.30. The smallest absolute Gasteiger partial charge is 0.411 e. The Morgan fingerprint density at radius 2 is 2.04 bits per heavy atom. The fourth-order valence-corrected chi connectivity index (χ4v) is 4.39. The summed E-state index contributed by atoms with van der Waals surface area (Å²) in [7, 11) is 0. The molecule has 1 aliphatic heterocycles. The van der Waals surface area contributed by atoms with Crippen LogP contribution in [0.3, 0.4) is 0 Å². The van der Waals surface area contributed by atoms with Crippen LogP contribution in [-0.2, 0) is 16.0 Å². The number of thiophene rings is 1. The summed E-state index contributed by atoms with van der Waals surface area (Å²) < 4.78 is 6.58. The molecular weight excluding hydrogens is 338 g/mol. The van der Waals surface area contributed by atoms with Gasteiger partial charge in [-0.05, 0) is 56.0 Å². The Bertz CT molecular complexity index is 807. The Hall–Kier alpha value is -2.08. The Morgan fingerprint density at radius 1 is 1.32 bits per heavy atom. The van der Waals surface area contributed by atoms with Gasteiger partial charge in [0.05, 0.1) is 0 Å². The first-order chi connectivity index (χ1) is 11.7. The Morgan fingerprint density at radius 3 is 2.72 bits per heavy atom. The van der Waals surface area contributed by atoms with E-state index in [-0.39, 0.29) is 0 Å². The highest BCUT2D eigenvalue weighted by molar-refractivity contribution is 7.17. The summed E-state index contributed by atoms with van der Waals surface area (Å²) in [5, 5.41) is 13.1. The second-order valence-corrected chi connectivity index (χ2v) is 8.42. The van der Waals surface area contributed by atoms with Gasteiger partial charge in [0, 0.05) is 17.7 Å². The maximum atomic E-state index is 12.6. The van der Waals surface area contributed by atoms with Crippen LogP contribution in [0.1, 0.15) is 39.2 Å². The van der Waals surface area contributed by atoms with Crippen LogP contribution in [0.25, 0.3) is 10.1 Å². The number of hydrogen-bond donors (Lipinski definition) is 1. The molecule has 2 heterocycles. The number of fused-ring (bicyclic) bond motifs is 1. The zero-order chi connectivity index (χ0) is 18.2. The summed E-state index contributed by atoms with van der Waals surface area (Å²) in [5.41, 5.74) is -0.927. The molecule has 1 saturated heterocycles. The SMILES string of the molecule is CC(C)(C)OC(=O)N1CCC[C@@]1(Cc1csc2ccccc12)C(=O)O. The van der Waals surface area contributed by atoms with Crippen LogP contribution >= 0.6 is 11.3 Å². The minimum absolute atomic E-state index is 0.297. The number of hydrogen-bond acceptors (Lipinski definition) is 4. The number of benzene rings is 1. The fourth-order valence-electron chi connectivity index (χ4n) is 3.43. The maximum absolute atomic E-state index is 12.6. The van der Waals surface area contributed by atoms with Gasteiger partial charge in [-0.15, -0.1) is 11.3 Å². The number of carbonyl (C=O) groups excluding carboxylic acids is 1. The number of rotatable bonds is 3. The maximum Gasteiger partial charge on any atom is 0.411 e. The number of amides is 1. The van der Waals surface area contributed by atoms with Crippen molar-refractivity contribution in [2.45, 2.75) is 51.2 Å². The fraction of sp³-hybridized carbons (Fsp3) is 0.474. The number of likely N-dealkylation sites (tertiary alicyclic amines) is 1. The summed E-state index contributed by atoms with van der Waals surface area (Å²) in [4.78, 5) is 26.2. The number of nitrogens with zero attached hydrogens (tertiary/aromatic N) is 1. The van der Waals surface area contributed by atoms with Gasteiger partial charge < -0.3 is 9.84 Å². The molecule has 1 aromatic carbocycles. The molecule has 0 bridgehead atoms. The highest BCUT2D eigenvalue weighted by Gasteiger charge is 2.51. The van der Waals surface area contributed by atoms with E-state index in [4.69, 9.17) is 4.74 Å². The summed E-state index contributed by atoms with van der Waals surface area (Å²) in [6, 6.07) is 7.95. The van der Waals surface area contributed by atoms with E-state index >= 15 is 0 Å². The van der Waals surface area contributed by atoms with Crippen molar-refractivity contribution in [3.05, 3.63) is 35.2 Å². The van der Waals surface area contributed by atoms with E-state index in [9.17, 15) is 14.7 Å². The van der Waals surface area contributed by atoms with Crippen molar-refractivity contribution in [1.82, 2.24) is 4.90 Å². The van der Waals surface area contributed by atoms with Gasteiger partial charge in [-0.1, -0.05) is 18.2 Å². The standard InChI is InChI=1S/C19H23NO4S/c1-18(2,3)24-17(23)20-10-6-9-19(20,16(21)22)11-13-12-25-15-8-5-4-7-14(13)15/h4-5,7-8,12H,6,9-11H2,1-3H3,(H,21,22)/t19-/m1/s1. The van der Waals surface area contributed by atoms with Crippen molar-refractivity contribution in [2.24, 2.45) is 0 Å². The molecule has 0 aliphatic carbocycles. The molecular formula is C19H23NO4S. The number of aliphatic carboxylic acids is 1. The molecule has 1 aliphatic rings. The van der Waals surface area contributed by atoms with E-state index in [1.807, 2.05) is 29.6 Å². The van der Waals surface area contributed by atoms with Crippen LogP contribution < -0.4 is 0 Å². The third-order valence-electron chi connectivity index (χ3n) is 4.54. The third kappa shape index (κ3) is 3.35. The largest absolute Gasteiger partial charge is 0.479 e. The molecule has 1 atom stereocenters. The zero-order valence-electron chi connectivity index (χ0n) is 14.7. The highest BCUT2D eigenvalue weighted by Crippen LogP contribution is 2.37. The van der Waals surface area contributed by atoms with Gasteiger partial charge >= 0.3 is 12.1 Å². The normalized spacial score (nSPS) is 20.8. The zero-order valence-corrected chi connectivity index (χ0v) is 15.6. The van der Waals surface area contributed by atoms with E-state index in [0.717, 1.165) is 15.6 Å². The van der Waals surface area contributed by atoms with Gasteiger partial charge in [-0.25, -0.2) is 9.59 Å². The van der Waals surface area contributed by atoms with E-state index in [0.29, 0.717) is 25.8 Å². The number of carboxylic acid groups (broad SMARTS) is 1. The van der Waals surface area contributed by atoms with Crippen LogP contribution in [-0.4, -0.2) is 39.8 Å². The molecule has 0 unspecified atom stereocenters. The van der Waals surface area contributed by atoms with E-state index in [2.05, 4.69) is 0 Å². The van der Waals surface area contributed by atoms with Crippen LogP contribution in [0.15, 0.2) is 29.6 Å². The van der Waals surface area contributed by atoms with Crippen LogP contribution in [0.4, 0.5) is 4.79 Å². The van der Waals surface area contributed by atoms with Crippen molar-refractivity contribution in [1.29, 1.82) is 0 Å². The molecule has 0 radical (unpaired) electrons. The first-order valence-electron chi connectivity index (χ1n) is 8.42. The molecule has 5 nitrogen and oxygen atoms in total. The molecule has 1 N–H and O–H groups in total. The van der Waals surface area contributed by atoms with Crippen LogP contribution in [0.5, 0.6) is 0 Å². The summed E-state index contributed by atoms with van der Waals surface area (Å²) >= 11 is 1.60. The molecule has 0 saturated carbocycles. The van der Waals surface area contributed by atoms with Gasteiger partial charge in [-0.3, -0.25) is 4.90 Å². The minimum Gasteiger partial charge on any atom is -0.479 e. The van der Waals surface area contributed by atoms with Crippen molar-refractivity contribution >= 4 is 33.5 Å². The Kier molecular flexibility index (Phi) is 4.49. The second kappa shape index (κ2) is 6.33. The lowest BCUT2D eigenvalue weighted by Gasteiger charge is -2.35. The quantitative estimate of drug-likeness (QED) is 0.885. The molecule has 3 rings (SSSR count). The Labute approximate surface area is 151 Å². The van der Waals surface area contributed by atoms with Crippen molar-refractivity contribution in [3.8, 4) is 0 Å². The molecule has 1 amide bonds. The lowest BCUT2D eigenvalue weighted by molar-refractivity contribution is -0.149. The molecule has 6 heteroatoms. The Balaban J connectivity index is 1.95. The number of carbonyl (C=O) groups is 2.